The highest BCUT2D eigenvalue weighted by Crippen LogP contribution is 2.37. The summed E-state index contributed by atoms with van der Waals surface area (Å²) in [5.74, 6) is -0.473. The van der Waals surface area contributed by atoms with Gasteiger partial charge in [0.15, 0.2) is 0 Å². The van der Waals surface area contributed by atoms with E-state index in [4.69, 9.17) is 10.8 Å². The summed E-state index contributed by atoms with van der Waals surface area (Å²) in [7, 11) is 0. The van der Waals surface area contributed by atoms with Gasteiger partial charge in [-0.2, -0.15) is 5.10 Å². The van der Waals surface area contributed by atoms with Crippen molar-refractivity contribution in [1.29, 1.82) is 0 Å². The Kier molecular flexibility index (Phi) is 5.59. The molecule has 4 rings (SSSR count). The second-order valence-electron chi connectivity index (χ2n) is 9.53. The van der Waals surface area contributed by atoms with Crippen molar-refractivity contribution in [3.63, 3.8) is 0 Å². The Morgan fingerprint density at radius 1 is 1.30 bits per heavy atom. The smallest absolute Gasteiger partial charge is 0.250 e. The highest BCUT2D eigenvalue weighted by atomic mass is 16.3. The minimum absolute atomic E-state index is 0.0787. The van der Waals surface area contributed by atoms with Crippen LogP contribution in [-0.2, 0) is 19.4 Å². The van der Waals surface area contributed by atoms with Crippen LogP contribution in [0.15, 0.2) is 18.2 Å². The molecule has 1 amide bonds. The number of rotatable bonds is 5. The maximum Gasteiger partial charge on any atom is 0.250 e. The van der Waals surface area contributed by atoms with Crippen LogP contribution in [0, 0.1) is 5.41 Å². The summed E-state index contributed by atoms with van der Waals surface area (Å²) >= 11 is 0. The second-order valence-corrected chi connectivity index (χ2v) is 9.53. The normalized spacial score (nSPS) is 23.1. The maximum atomic E-state index is 12.0. The largest absolute Gasteiger partial charge is 0.393 e. The lowest BCUT2D eigenvalue weighted by Gasteiger charge is -2.30. The summed E-state index contributed by atoms with van der Waals surface area (Å²) < 4.78 is 1.92. The summed E-state index contributed by atoms with van der Waals surface area (Å²) in [4.78, 5) is 12.0. The van der Waals surface area contributed by atoms with Gasteiger partial charge >= 0.3 is 0 Å². The van der Waals surface area contributed by atoms with Crippen molar-refractivity contribution >= 4 is 11.6 Å². The monoisotopic (exact) mass is 412 g/mol. The fourth-order valence-corrected chi connectivity index (χ4v) is 4.79. The molecule has 2 aliphatic carbocycles. The van der Waals surface area contributed by atoms with Gasteiger partial charge in [0.2, 0.25) is 0 Å². The third-order valence-electron chi connectivity index (χ3n) is 6.59. The van der Waals surface area contributed by atoms with Gasteiger partial charge in [0.25, 0.3) is 5.91 Å². The van der Waals surface area contributed by atoms with Crippen LogP contribution in [0.25, 0.3) is 5.69 Å². The number of carbonyl (C=O) groups excluding carboxylic acids is 1. The average Bonchev–Trinajstić information content (AvgIpc) is 3.06. The van der Waals surface area contributed by atoms with Crippen LogP contribution in [0.3, 0.4) is 0 Å². The molecule has 5 N–H and O–H groups in total. The Labute approximate surface area is 177 Å². The number of carbonyl (C=O) groups is 1. The van der Waals surface area contributed by atoms with Crippen molar-refractivity contribution in [3.05, 3.63) is 40.7 Å². The average molecular weight is 413 g/mol. The fraction of sp³-hybridized carbons (Fsp3) is 0.565. The Bertz CT molecular complexity index is 942. The number of amides is 1. The molecule has 0 spiro atoms. The van der Waals surface area contributed by atoms with Gasteiger partial charge in [0, 0.05) is 17.4 Å². The molecule has 30 heavy (non-hydrogen) atoms. The van der Waals surface area contributed by atoms with Crippen molar-refractivity contribution < 1.29 is 15.0 Å². The molecular formula is C23H32N4O3. The molecule has 0 radical (unpaired) electrons. The molecule has 0 atom stereocenters. The predicted octanol–water partition coefficient (Wildman–Crippen LogP) is 2.69. The number of nitrogens with zero attached hydrogens (tertiary/aromatic N) is 2. The number of aromatic nitrogens is 2. The van der Waals surface area contributed by atoms with Gasteiger partial charge in [-0.15, -0.1) is 0 Å². The quantitative estimate of drug-likeness (QED) is 0.603. The number of anilines is 1. The second kappa shape index (κ2) is 8.04. The zero-order valence-corrected chi connectivity index (χ0v) is 17.8. The molecule has 1 heterocycles. The summed E-state index contributed by atoms with van der Waals surface area (Å²) in [6, 6.07) is 5.74. The molecule has 0 unspecified atom stereocenters. The molecule has 0 aliphatic heterocycles. The number of hydrogen-bond acceptors (Lipinski definition) is 5. The first-order valence-electron chi connectivity index (χ1n) is 10.9. The molecule has 2 aromatic rings. The third-order valence-corrected chi connectivity index (χ3v) is 6.59. The van der Waals surface area contributed by atoms with Crippen molar-refractivity contribution in [2.75, 3.05) is 5.32 Å². The lowest BCUT2D eigenvalue weighted by Crippen LogP contribution is -2.29. The van der Waals surface area contributed by atoms with Crippen LogP contribution in [-0.4, -0.2) is 38.0 Å². The van der Waals surface area contributed by atoms with E-state index < -0.39 is 5.91 Å². The number of fused-ring (bicyclic) bond motifs is 1. The van der Waals surface area contributed by atoms with Gasteiger partial charge in [-0.1, -0.05) is 13.8 Å². The van der Waals surface area contributed by atoms with E-state index in [0.29, 0.717) is 11.3 Å². The zero-order chi connectivity index (χ0) is 21.5. The molecule has 1 aromatic heterocycles. The third kappa shape index (κ3) is 4.09. The van der Waals surface area contributed by atoms with Crippen LogP contribution in [0.2, 0.25) is 0 Å². The summed E-state index contributed by atoms with van der Waals surface area (Å²) in [6.07, 6.45) is 5.84. The molecule has 7 heteroatoms. The number of aliphatic hydroxyl groups is 2. The van der Waals surface area contributed by atoms with E-state index in [1.165, 1.54) is 0 Å². The van der Waals surface area contributed by atoms with Crippen LogP contribution < -0.4 is 11.1 Å². The van der Waals surface area contributed by atoms with Gasteiger partial charge < -0.3 is 21.3 Å². The van der Waals surface area contributed by atoms with Gasteiger partial charge in [-0.25, -0.2) is 4.68 Å². The number of nitrogens with one attached hydrogen (secondary N) is 1. The van der Waals surface area contributed by atoms with E-state index in [0.717, 1.165) is 67.6 Å². The molecule has 0 saturated heterocycles. The van der Waals surface area contributed by atoms with E-state index in [1.807, 2.05) is 16.8 Å². The van der Waals surface area contributed by atoms with Gasteiger partial charge in [0.1, 0.15) is 0 Å². The van der Waals surface area contributed by atoms with E-state index in [1.54, 1.807) is 6.07 Å². The number of benzene rings is 1. The first kappa shape index (κ1) is 20.9. The predicted molar refractivity (Wildman–Crippen MR) is 116 cm³/mol. The SMILES string of the molecule is CC1(C)CCc2c(CO)nn(-c3ccc(C(N)=O)c(NC4CCC(O)CC4)c3)c2C1. The molecule has 2 aliphatic rings. The van der Waals surface area contributed by atoms with Crippen LogP contribution >= 0.6 is 0 Å². The Hall–Kier alpha value is -2.38. The summed E-state index contributed by atoms with van der Waals surface area (Å²) in [6.45, 7) is 4.43. The van der Waals surface area contributed by atoms with E-state index in [-0.39, 0.29) is 24.2 Å². The Morgan fingerprint density at radius 3 is 2.70 bits per heavy atom. The fourth-order valence-electron chi connectivity index (χ4n) is 4.79. The van der Waals surface area contributed by atoms with E-state index >= 15 is 0 Å². The zero-order valence-electron chi connectivity index (χ0n) is 17.8. The minimum Gasteiger partial charge on any atom is -0.393 e. The van der Waals surface area contributed by atoms with Crippen molar-refractivity contribution in [2.45, 2.75) is 77.5 Å². The summed E-state index contributed by atoms with van der Waals surface area (Å²) in [5.41, 5.74) is 10.8. The topological polar surface area (TPSA) is 113 Å². The number of primary amides is 1. The standard InChI is InChI=1S/C23H32N4O3/c1-23(2)10-9-17-20(13-28)26-27(21(17)12-23)15-5-8-18(22(24)30)19(11-15)25-14-3-6-16(29)7-4-14/h5,8,11,14,16,25,28-29H,3-4,6-7,9-10,12-13H2,1-2H3,(H2,24,30). The molecule has 162 valence electrons. The molecule has 1 aromatic carbocycles. The van der Waals surface area contributed by atoms with Gasteiger partial charge in [-0.3, -0.25) is 4.79 Å². The highest BCUT2D eigenvalue weighted by molar-refractivity contribution is 5.99. The van der Waals surface area contributed by atoms with Crippen molar-refractivity contribution in [3.8, 4) is 5.69 Å². The Morgan fingerprint density at radius 2 is 2.03 bits per heavy atom. The number of nitrogens with two attached hydrogens (primary N) is 1. The summed E-state index contributed by atoms with van der Waals surface area (Å²) in [5, 5.41) is 27.8. The van der Waals surface area contributed by atoms with Crippen LogP contribution in [0.5, 0.6) is 0 Å². The molecule has 1 saturated carbocycles. The molecule has 1 fully saturated rings. The lowest BCUT2D eigenvalue weighted by molar-refractivity contribution is 0.100. The number of aliphatic hydroxyl groups excluding tert-OH is 2. The molecule has 7 nitrogen and oxygen atoms in total. The lowest BCUT2D eigenvalue weighted by atomic mass is 9.76. The van der Waals surface area contributed by atoms with Crippen LogP contribution in [0.1, 0.15) is 73.3 Å². The first-order chi connectivity index (χ1) is 14.3. The highest BCUT2D eigenvalue weighted by Gasteiger charge is 2.31. The minimum atomic E-state index is -0.473. The van der Waals surface area contributed by atoms with Gasteiger partial charge in [0.05, 0.1) is 29.7 Å². The molecule has 0 bridgehead atoms. The van der Waals surface area contributed by atoms with Gasteiger partial charge in [-0.05, 0) is 74.1 Å². The van der Waals surface area contributed by atoms with Crippen molar-refractivity contribution in [2.24, 2.45) is 11.1 Å². The maximum absolute atomic E-state index is 12.0. The molecular weight excluding hydrogens is 380 g/mol. The van der Waals surface area contributed by atoms with E-state index in [9.17, 15) is 15.0 Å². The Balaban J connectivity index is 1.72. The van der Waals surface area contributed by atoms with Crippen molar-refractivity contribution in [1.82, 2.24) is 9.78 Å². The first-order valence-corrected chi connectivity index (χ1v) is 10.9. The van der Waals surface area contributed by atoms with E-state index in [2.05, 4.69) is 19.2 Å². The number of hydrogen-bond donors (Lipinski definition) is 4. The van der Waals surface area contributed by atoms with Crippen LogP contribution in [0.4, 0.5) is 5.69 Å².